The molecule has 7 aromatic heterocycles. The van der Waals surface area contributed by atoms with Gasteiger partial charge in [0.25, 0.3) is 29.5 Å². The average Bonchev–Trinajstić information content (AvgIpc) is 4.26. The molecule has 0 fully saturated rings. The van der Waals surface area contributed by atoms with E-state index in [0.29, 0.717) is 37.7 Å². The zero-order valence-corrected chi connectivity index (χ0v) is 46.7. The van der Waals surface area contributed by atoms with Crippen LogP contribution in [-0.4, -0.2) is 127 Å². The van der Waals surface area contributed by atoms with Gasteiger partial charge in [-0.2, -0.15) is 0 Å². The fraction of sp³-hybridized carbons (Fsp3) is 0.312. The van der Waals surface area contributed by atoms with E-state index in [2.05, 4.69) is 51.8 Å². The maximum atomic E-state index is 13.9. The minimum absolute atomic E-state index is 0.00724. The minimum atomic E-state index is -1.59. The number of carbonyl (C=O) groups excluding carboxylic acids is 6. The maximum Gasteiger partial charge on any atom is 0.275 e. The van der Waals surface area contributed by atoms with Crippen molar-refractivity contribution in [2.24, 2.45) is 0 Å². The smallest absolute Gasteiger partial charge is 0.275 e. The molecule has 6 atom stereocenters. The number of fused-ring (bicyclic) bond motifs is 11. The normalized spacial score (nSPS) is 18.6. The van der Waals surface area contributed by atoms with Crippen molar-refractivity contribution in [3.05, 3.63) is 100 Å². The first-order chi connectivity index (χ1) is 36.6. The third kappa shape index (κ3) is 12.9. The highest BCUT2D eigenvalue weighted by atomic mass is 32.1. The average molecular weight is 1160 g/mol. The lowest BCUT2D eigenvalue weighted by Crippen LogP contribution is -2.52. The van der Waals surface area contributed by atoms with Gasteiger partial charge in [-0.3, -0.25) is 28.8 Å². The Kier molecular flexibility index (Phi) is 17.4. The molecule has 0 radical (unpaired) electrons. The van der Waals surface area contributed by atoms with Crippen LogP contribution in [0.5, 0.6) is 0 Å². The highest BCUT2D eigenvalue weighted by Crippen LogP contribution is 2.38. The minimum Gasteiger partial charge on any atom is -0.392 e. The van der Waals surface area contributed by atoms with E-state index in [4.69, 9.17) is 15.0 Å². The Balaban J connectivity index is 1.15. The molecule has 23 nitrogen and oxygen atoms in total. The molecule has 1 aliphatic rings. The number of allylic oxidation sites excluding steroid dienone is 2. The van der Waals surface area contributed by atoms with Gasteiger partial charge in [-0.15, -0.1) is 68.0 Å². The zero-order chi connectivity index (χ0) is 55.5. The van der Waals surface area contributed by atoms with Crippen molar-refractivity contribution in [1.82, 2.24) is 66.8 Å². The molecule has 402 valence electrons. The summed E-state index contributed by atoms with van der Waals surface area (Å²) in [6.07, 6.45) is -0.384. The van der Waals surface area contributed by atoms with Gasteiger partial charge in [0.05, 0.1) is 35.3 Å². The first-order valence-corrected chi connectivity index (χ1v) is 28.6. The molecule has 7 aromatic rings. The summed E-state index contributed by atoms with van der Waals surface area (Å²) in [6, 6.07) is -0.252. The van der Waals surface area contributed by atoms with Crippen LogP contribution in [0.2, 0.25) is 0 Å². The Morgan fingerprint density at radius 3 is 1.86 bits per heavy atom. The lowest BCUT2D eigenvalue weighted by atomic mass is 9.99. The summed E-state index contributed by atoms with van der Waals surface area (Å²) in [7, 11) is 0. The van der Waals surface area contributed by atoms with Gasteiger partial charge in [-0.1, -0.05) is 12.2 Å². The third-order valence-electron chi connectivity index (χ3n) is 11.2. The van der Waals surface area contributed by atoms with Crippen molar-refractivity contribution in [3.63, 3.8) is 0 Å². The van der Waals surface area contributed by atoms with E-state index in [1.54, 1.807) is 36.7 Å². The summed E-state index contributed by atoms with van der Waals surface area (Å²) >= 11 is 6.67. The molecule has 1 unspecified atom stereocenters. The van der Waals surface area contributed by atoms with Gasteiger partial charge in [0.2, 0.25) is 5.91 Å². The van der Waals surface area contributed by atoms with Gasteiger partial charge >= 0.3 is 0 Å². The van der Waals surface area contributed by atoms with Crippen LogP contribution in [0.1, 0.15) is 118 Å². The molecule has 0 aromatic carbocycles. The van der Waals surface area contributed by atoms with Crippen LogP contribution >= 0.6 is 68.0 Å². The largest absolute Gasteiger partial charge is 0.392 e. The van der Waals surface area contributed by atoms with E-state index in [0.717, 1.165) is 56.7 Å². The van der Waals surface area contributed by atoms with Crippen molar-refractivity contribution >= 4 is 109 Å². The molecular formula is C48H49N13O10S6. The molecule has 8 bridgehead atoms. The lowest BCUT2D eigenvalue weighted by molar-refractivity contribution is -0.124. The number of pyridine rings is 1. The number of carbonyl (C=O) groups is 6. The summed E-state index contributed by atoms with van der Waals surface area (Å²) in [5.74, 6) is -4.15. The van der Waals surface area contributed by atoms with Crippen molar-refractivity contribution in [2.45, 2.75) is 90.5 Å². The van der Waals surface area contributed by atoms with Crippen molar-refractivity contribution < 1.29 is 49.2 Å². The van der Waals surface area contributed by atoms with Crippen LogP contribution in [0, 0.1) is 0 Å². The zero-order valence-electron chi connectivity index (χ0n) is 41.8. The third-order valence-corrected chi connectivity index (χ3v) is 16.5. The van der Waals surface area contributed by atoms with Crippen LogP contribution < -0.4 is 31.9 Å². The number of hydrogen-bond donors (Lipinski definition) is 10. The SMILES string of the molecule is CC=C(NC(=O)c1csc(-c2csc(-c3ccc4c(n3)-c3csc(n3)[C@@H]([C@H](C)O)NC(=O)c3csc(n3)[C@H](C(C)(C)O)NC(=O)c3csc(n3)C(=CC)NC(=O)C([C@H](C)O)NC(=O)c3csc-4n3)n2)n1)C(=O)NC[C@H](C)O. The first-order valence-electron chi connectivity index (χ1n) is 23.3. The van der Waals surface area contributed by atoms with Crippen LogP contribution in [0.3, 0.4) is 0 Å². The number of hydrogen-bond acceptors (Lipinski definition) is 23. The van der Waals surface area contributed by atoms with Crippen LogP contribution in [0.4, 0.5) is 0 Å². The second-order valence-corrected chi connectivity index (χ2v) is 22.9. The maximum absolute atomic E-state index is 13.9. The molecule has 0 saturated heterocycles. The molecule has 1 aliphatic heterocycles. The highest BCUT2D eigenvalue weighted by molar-refractivity contribution is 7.15. The number of amides is 6. The van der Waals surface area contributed by atoms with Gasteiger partial charge in [0.1, 0.15) is 93.7 Å². The predicted octanol–water partition coefficient (Wildman–Crippen LogP) is 4.68. The summed E-state index contributed by atoms with van der Waals surface area (Å²) in [6.45, 7) is 10.5. The van der Waals surface area contributed by atoms with Gasteiger partial charge < -0.3 is 52.3 Å². The summed E-state index contributed by atoms with van der Waals surface area (Å²) in [5.41, 5.74) is 0.232. The first kappa shape index (κ1) is 56.3. The Morgan fingerprint density at radius 2 is 1.19 bits per heavy atom. The van der Waals surface area contributed by atoms with Crippen molar-refractivity contribution in [2.75, 3.05) is 6.54 Å². The molecule has 6 amide bonds. The number of thiazole rings is 6. The van der Waals surface area contributed by atoms with E-state index in [1.165, 1.54) is 79.6 Å². The van der Waals surface area contributed by atoms with E-state index in [-0.39, 0.29) is 61.4 Å². The predicted molar refractivity (Wildman–Crippen MR) is 292 cm³/mol. The second-order valence-electron chi connectivity index (χ2n) is 17.7. The van der Waals surface area contributed by atoms with Gasteiger partial charge in [-0.25, -0.2) is 34.9 Å². The number of aliphatic hydroxyl groups is 4. The van der Waals surface area contributed by atoms with Crippen molar-refractivity contribution in [1.29, 1.82) is 0 Å². The van der Waals surface area contributed by atoms with E-state index >= 15 is 0 Å². The Morgan fingerprint density at radius 1 is 0.649 bits per heavy atom. The Hall–Kier alpha value is -6.93. The second kappa shape index (κ2) is 23.8. The Bertz CT molecular complexity index is 3430. The number of aliphatic hydroxyl groups excluding tert-OH is 3. The molecule has 8 heterocycles. The molecular weight excluding hydrogens is 1110 g/mol. The number of nitrogens with one attached hydrogen (secondary N) is 6. The molecule has 10 N–H and O–H groups in total. The molecule has 0 spiro atoms. The number of nitrogens with zero attached hydrogens (tertiary/aromatic N) is 7. The molecule has 0 aliphatic carbocycles. The molecule has 29 heteroatoms. The van der Waals surface area contributed by atoms with Crippen LogP contribution in [-0.2, 0) is 9.59 Å². The standard InChI is InChI=1S/C48H49N13O10S6/c1-8-23(36(65)49-12-19(3)62)51-37(66)27-15-74-45(56-27)31-18-75-44(58-31)25-11-10-22-34(50-25)26-13-76-46(53-26)33(21(5)64)60-39(68)29-17-77-47(57-29)35(48(6,7)71)61-40(69)30-16-73-43(55-30)24(9-2)52-41(70)32(20(4)63)59-38(67)28-14-72-42(22)54-28/h8-11,13-21,32-33,35,62-64,71H,12H2,1-7H3,(H,49,65)(H,51,66)(H,52,70)(H,59,67)(H,60,68)(H,61,69)/t19-,20-,21-,32?,33+,35+/m0/s1. The monoisotopic (exact) mass is 1160 g/mol. The number of rotatable bonds is 10. The molecule has 77 heavy (non-hydrogen) atoms. The van der Waals surface area contributed by atoms with Crippen LogP contribution in [0.25, 0.3) is 49.1 Å². The van der Waals surface area contributed by atoms with Gasteiger partial charge in [0.15, 0.2) is 0 Å². The number of aromatic nitrogens is 7. The van der Waals surface area contributed by atoms with E-state index < -0.39 is 77.5 Å². The summed E-state index contributed by atoms with van der Waals surface area (Å²) < 4.78 is 0. The van der Waals surface area contributed by atoms with Gasteiger partial charge in [0, 0.05) is 44.4 Å². The van der Waals surface area contributed by atoms with Crippen LogP contribution in [0.15, 0.2) is 62.3 Å². The lowest BCUT2D eigenvalue weighted by Gasteiger charge is -2.28. The topological polar surface area (TPSA) is 346 Å². The molecule has 0 saturated carbocycles. The molecule has 8 rings (SSSR count). The van der Waals surface area contributed by atoms with Gasteiger partial charge in [-0.05, 0) is 60.6 Å². The summed E-state index contributed by atoms with van der Waals surface area (Å²) in [4.78, 5) is 114. The summed E-state index contributed by atoms with van der Waals surface area (Å²) in [5, 5.41) is 69.9. The van der Waals surface area contributed by atoms with E-state index in [1.807, 2.05) is 0 Å². The highest BCUT2D eigenvalue weighted by Gasteiger charge is 2.35. The fourth-order valence-electron chi connectivity index (χ4n) is 7.21. The van der Waals surface area contributed by atoms with Crippen molar-refractivity contribution in [3.8, 4) is 43.4 Å². The van der Waals surface area contributed by atoms with E-state index in [9.17, 15) is 49.2 Å². The Labute approximate surface area is 462 Å². The quantitative estimate of drug-likeness (QED) is 0.0831. The fourth-order valence-corrected chi connectivity index (χ4v) is 12.4.